The molecule has 1 amide bonds. The smallest absolute Gasteiger partial charge is 0.435 e. The van der Waals surface area contributed by atoms with Crippen molar-refractivity contribution < 1.29 is 31.5 Å². The molecule has 0 spiro atoms. The minimum atomic E-state index is -4.70. The number of carbonyl (C=O) groups excluding carboxylic acids is 1. The SMILES string of the molecule is NS(=O)(=O)c1ccc(O)c(NC(=O)c2ccc(-c3cc(C(F)(F)F)nn3-c3ccccc3Cl)cc2)c1. The van der Waals surface area contributed by atoms with Crippen LogP contribution in [0.1, 0.15) is 16.1 Å². The number of nitrogens with two attached hydrogens (primary N) is 1. The minimum Gasteiger partial charge on any atom is -0.506 e. The fraction of sp³-hybridized carbons (Fsp3) is 0.0435. The molecule has 0 aliphatic carbocycles. The average molecular weight is 537 g/mol. The van der Waals surface area contributed by atoms with Crippen molar-refractivity contribution >= 4 is 33.2 Å². The molecule has 8 nitrogen and oxygen atoms in total. The molecular weight excluding hydrogens is 521 g/mol. The van der Waals surface area contributed by atoms with Gasteiger partial charge in [0.25, 0.3) is 5.91 Å². The number of sulfonamides is 1. The van der Waals surface area contributed by atoms with Gasteiger partial charge in [0.05, 0.1) is 27.0 Å². The number of rotatable bonds is 5. The molecule has 0 saturated heterocycles. The van der Waals surface area contributed by atoms with Crippen LogP contribution in [0.4, 0.5) is 18.9 Å². The lowest BCUT2D eigenvalue weighted by atomic mass is 10.1. The predicted molar refractivity (Wildman–Crippen MR) is 126 cm³/mol. The Bertz CT molecular complexity index is 1570. The third kappa shape index (κ3) is 5.20. The lowest BCUT2D eigenvalue weighted by molar-refractivity contribution is -0.141. The van der Waals surface area contributed by atoms with E-state index in [0.717, 1.165) is 28.9 Å². The van der Waals surface area contributed by atoms with Crippen LogP contribution in [0.15, 0.2) is 77.7 Å². The van der Waals surface area contributed by atoms with Crippen LogP contribution in [0.5, 0.6) is 5.75 Å². The normalized spacial score (nSPS) is 11.9. The van der Waals surface area contributed by atoms with Gasteiger partial charge in [-0.1, -0.05) is 35.9 Å². The number of aromatic nitrogens is 2. The number of phenols is 1. The maximum absolute atomic E-state index is 13.4. The van der Waals surface area contributed by atoms with Crippen molar-refractivity contribution in [3.63, 3.8) is 0 Å². The summed E-state index contributed by atoms with van der Waals surface area (Å²) >= 11 is 6.18. The minimum absolute atomic E-state index is 0.0824. The standard InChI is InChI=1S/C23H16ClF3N4O4S/c24-16-3-1-2-4-18(16)31-19(12-21(30-31)23(25,26)27)13-5-7-14(8-6-13)22(33)29-17-11-15(36(28,34)35)9-10-20(17)32/h1-12,32H,(H,29,33)(H2,28,34,35). The monoisotopic (exact) mass is 536 g/mol. The summed E-state index contributed by atoms with van der Waals surface area (Å²) in [5, 5.41) is 21.3. The molecule has 0 aliphatic rings. The molecule has 1 aromatic heterocycles. The Morgan fingerprint density at radius 3 is 2.31 bits per heavy atom. The number of benzene rings is 3. The maximum atomic E-state index is 13.4. The van der Waals surface area contributed by atoms with Gasteiger partial charge in [-0.15, -0.1) is 0 Å². The molecule has 1 heterocycles. The molecule has 13 heteroatoms. The number of carbonyl (C=O) groups is 1. The number of nitrogens with one attached hydrogen (secondary N) is 1. The van der Waals surface area contributed by atoms with Gasteiger partial charge in [-0.2, -0.15) is 18.3 Å². The Labute approximate surface area is 207 Å². The summed E-state index contributed by atoms with van der Waals surface area (Å²) in [7, 11) is -4.08. The Balaban J connectivity index is 1.67. The maximum Gasteiger partial charge on any atom is 0.435 e. The van der Waals surface area contributed by atoms with Gasteiger partial charge in [-0.05, 0) is 48.5 Å². The van der Waals surface area contributed by atoms with Crippen LogP contribution in [-0.4, -0.2) is 29.2 Å². The van der Waals surface area contributed by atoms with Crippen LogP contribution in [0.25, 0.3) is 16.9 Å². The first-order valence-electron chi connectivity index (χ1n) is 10.0. The lowest BCUT2D eigenvalue weighted by Gasteiger charge is -2.11. The van der Waals surface area contributed by atoms with E-state index < -0.39 is 33.6 Å². The topological polar surface area (TPSA) is 127 Å². The zero-order valence-corrected chi connectivity index (χ0v) is 19.6. The van der Waals surface area contributed by atoms with Gasteiger partial charge in [0.1, 0.15) is 5.75 Å². The highest BCUT2D eigenvalue weighted by Crippen LogP contribution is 2.35. The van der Waals surface area contributed by atoms with E-state index >= 15 is 0 Å². The summed E-state index contributed by atoms with van der Waals surface area (Å²) in [6.45, 7) is 0. The number of aromatic hydroxyl groups is 1. The van der Waals surface area contributed by atoms with Crippen molar-refractivity contribution in [3.05, 3.63) is 89.1 Å². The summed E-state index contributed by atoms with van der Waals surface area (Å²) < 4.78 is 64.3. The molecule has 0 aliphatic heterocycles. The molecular formula is C23H16ClF3N4O4S. The molecule has 4 rings (SSSR count). The first-order chi connectivity index (χ1) is 16.8. The number of alkyl halides is 3. The Morgan fingerprint density at radius 1 is 1.03 bits per heavy atom. The number of hydrogen-bond donors (Lipinski definition) is 3. The summed E-state index contributed by atoms with van der Waals surface area (Å²) in [6.07, 6.45) is -4.70. The van der Waals surface area contributed by atoms with E-state index in [2.05, 4.69) is 10.4 Å². The third-order valence-corrected chi connectivity index (χ3v) is 6.30. The first kappa shape index (κ1) is 25.2. The third-order valence-electron chi connectivity index (χ3n) is 5.07. The molecule has 0 fully saturated rings. The number of amides is 1. The molecule has 0 atom stereocenters. The van der Waals surface area contributed by atoms with Gasteiger partial charge in [0.15, 0.2) is 5.69 Å². The van der Waals surface area contributed by atoms with Gasteiger partial charge < -0.3 is 10.4 Å². The van der Waals surface area contributed by atoms with Crippen LogP contribution in [0, 0.1) is 0 Å². The fourth-order valence-corrected chi connectivity index (χ4v) is 4.07. The Kier molecular flexibility index (Phi) is 6.52. The average Bonchev–Trinajstić information content (AvgIpc) is 3.26. The quantitative estimate of drug-likeness (QED) is 0.315. The van der Waals surface area contributed by atoms with E-state index in [1.165, 1.54) is 36.4 Å². The fourth-order valence-electron chi connectivity index (χ4n) is 3.31. The second-order valence-electron chi connectivity index (χ2n) is 7.53. The zero-order valence-electron chi connectivity index (χ0n) is 18.0. The van der Waals surface area contributed by atoms with Gasteiger partial charge in [-0.3, -0.25) is 4.79 Å². The van der Waals surface area contributed by atoms with Crippen molar-refractivity contribution in [3.8, 4) is 22.7 Å². The molecule has 3 aromatic carbocycles. The summed E-state index contributed by atoms with van der Waals surface area (Å²) in [6, 6.07) is 15.8. The van der Waals surface area contributed by atoms with Crippen molar-refractivity contribution in [1.29, 1.82) is 0 Å². The predicted octanol–water partition coefficient (Wildman–Crippen LogP) is 4.82. The Hall–Kier alpha value is -3.87. The van der Waals surface area contributed by atoms with Gasteiger partial charge in [-0.25, -0.2) is 18.2 Å². The molecule has 0 unspecified atom stereocenters. The van der Waals surface area contributed by atoms with Crippen LogP contribution < -0.4 is 10.5 Å². The second kappa shape index (κ2) is 9.30. The number of hydrogen-bond acceptors (Lipinski definition) is 5. The summed E-state index contributed by atoms with van der Waals surface area (Å²) in [5.41, 5.74) is -0.600. The number of anilines is 1. The van der Waals surface area contributed by atoms with Crippen molar-refractivity contribution in [1.82, 2.24) is 9.78 Å². The van der Waals surface area contributed by atoms with E-state index in [0.29, 0.717) is 5.56 Å². The van der Waals surface area contributed by atoms with Crippen LogP contribution >= 0.6 is 11.6 Å². The number of primary sulfonamides is 1. The number of halogens is 4. The van der Waals surface area contributed by atoms with Crippen LogP contribution in [0.2, 0.25) is 5.02 Å². The largest absolute Gasteiger partial charge is 0.506 e. The van der Waals surface area contributed by atoms with Crippen LogP contribution in [0.3, 0.4) is 0 Å². The van der Waals surface area contributed by atoms with Crippen molar-refractivity contribution in [2.75, 3.05) is 5.32 Å². The highest BCUT2D eigenvalue weighted by atomic mass is 35.5. The molecule has 0 bridgehead atoms. The number of para-hydroxylation sites is 1. The van der Waals surface area contributed by atoms with Crippen LogP contribution in [-0.2, 0) is 16.2 Å². The Morgan fingerprint density at radius 2 is 1.69 bits per heavy atom. The van der Waals surface area contributed by atoms with E-state index in [-0.39, 0.29) is 32.6 Å². The molecule has 0 radical (unpaired) electrons. The van der Waals surface area contributed by atoms with Crippen molar-refractivity contribution in [2.45, 2.75) is 11.1 Å². The first-order valence-corrected chi connectivity index (χ1v) is 12.0. The van der Waals surface area contributed by atoms with Gasteiger partial charge in [0.2, 0.25) is 10.0 Å². The molecule has 36 heavy (non-hydrogen) atoms. The number of phenolic OH excluding ortho intramolecular Hbond substituents is 1. The lowest BCUT2D eigenvalue weighted by Crippen LogP contribution is -2.15. The van der Waals surface area contributed by atoms with Crippen molar-refractivity contribution in [2.24, 2.45) is 5.14 Å². The number of nitrogens with zero attached hydrogens (tertiary/aromatic N) is 2. The zero-order chi connectivity index (χ0) is 26.3. The highest BCUT2D eigenvalue weighted by molar-refractivity contribution is 7.89. The van der Waals surface area contributed by atoms with E-state index in [4.69, 9.17) is 16.7 Å². The summed E-state index contributed by atoms with van der Waals surface area (Å²) in [4.78, 5) is 12.3. The highest BCUT2D eigenvalue weighted by Gasteiger charge is 2.35. The molecule has 0 saturated carbocycles. The molecule has 186 valence electrons. The van der Waals surface area contributed by atoms with E-state index in [1.54, 1.807) is 12.1 Å². The second-order valence-corrected chi connectivity index (χ2v) is 9.50. The van der Waals surface area contributed by atoms with E-state index in [9.17, 15) is 31.5 Å². The van der Waals surface area contributed by atoms with Gasteiger partial charge >= 0.3 is 6.18 Å². The molecule has 4 N–H and O–H groups in total. The van der Waals surface area contributed by atoms with Gasteiger partial charge in [0, 0.05) is 11.1 Å². The summed E-state index contributed by atoms with van der Waals surface area (Å²) in [5.74, 6) is -1.10. The van der Waals surface area contributed by atoms with E-state index in [1.807, 2.05) is 0 Å². The molecule has 4 aromatic rings.